The van der Waals surface area contributed by atoms with Crippen LogP contribution in [0.1, 0.15) is 23.6 Å². The van der Waals surface area contributed by atoms with Crippen molar-refractivity contribution in [1.29, 1.82) is 0 Å². The number of halogens is 1. The Morgan fingerprint density at radius 3 is 2.67 bits per heavy atom. The van der Waals surface area contributed by atoms with Crippen LogP contribution in [0.3, 0.4) is 0 Å². The van der Waals surface area contributed by atoms with Gasteiger partial charge in [-0.2, -0.15) is 0 Å². The van der Waals surface area contributed by atoms with E-state index in [0.717, 1.165) is 22.4 Å². The summed E-state index contributed by atoms with van der Waals surface area (Å²) >= 11 is 5.94. The van der Waals surface area contributed by atoms with E-state index in [4.69, 9.17) is 27.0 Å². The van der Waals surface area contributed by atoms with Gasteiger partial charge in [0.15, 0.2) is 0 Å². The summed E-state index contributed by atoms with van der Waals surface area (Å²) in [6.45, 7) is 4.47. The highest BCUT2D eigenvalue weighted by Gasteiger charge is 2.08. The van der Waals surface area contributed by atoms with Crippen LogP contribution in [0, 0.1) is 6.92 Å². The van der Waals surface area contributed by atoms with Crippen LogP contribution in [0.4, 0.5) is 5.69 Å². The van der Waals surface area contributed by atoms with Gasteiger partial charge in [-0.1, -0.05) is 41.0 Å². The van der Waals surface area contributed by atoms with E-state index in [1.54, 1.807) is 19.0 Å². The average Bonchev–Trinajstić information content (AvgIpc) is 2.54. The van der Waals surface area contributed by atoms with Gasteiger partial charge in [0.2, 0.25) is 5.90 Å². The standard InChI is InChI=1S/C18H22ClN3O2/c1-13-6-4-9-18(22(3)20)17(13)12-24-21-14(2)23-11-15-7-5-8-16(19)10-15/h4-10H,11-12,20H2,1-3H3/b21-14+. The molecule has 0 heterocycles. The van der Waals surface area contributed by atoms with Gasteiger partial charge in [0.1, 0.15) is 13.2 Å². The third kappa shape index (κ3) is 5.15. The molecular weight excluding hydrogens is 326 g/mol. The van der Waals surface area contributed by atoms with Crippen LogP contribution in [0.25, 0.3) is 0 Å². The van der Waals surface area contributed by atoms with E-state index in [1.165, 1.54) is 0 Å². The SMILES string of the molecule is C/C(=N\OCc1c(C)cccc1N(C)N)OCc1cccc(Cl)c1. The van der Waals surface area contributed by atoms with Crippen LogP contribution in [-0.4, -0.2) is 12.9 Å². The molecule has 24 heavy (non-hydrogen) atoms. The Morgan fingerprint density at radius 1 is 1.21 bits per heavy atom. The fraction of sp³-hybridized carbons (Fsp3) is 0.278. The molecule has 0 spiro atoms. The van der Waals surface area contributed by atoms with Gasteiger partial charge >= 0.3 is 0 Å². The first-order valence-corrected chi connectivity index (χ1v) is 7.96. The summed E-state index contributed by atoms with van der Waals surface area (Å²) in [6, 6.07) is 13.4. The summed E-state index contributed by atoms with van der Waals surface area (Å²) < 4.78 is 5.56. The van der Waals surface area contributed by atoms with Gasteiger partial charge in [-0.15, -0.1) is 0 Å². The van der Waals surface area contributed by atoms with E-state index >= 15 is 0 Å². The molecule has 0 bridgehead atoms. The highest BCUT2D eigenvalue weighted by Crippen LogP contribution is 2.22. The van der Waals surface area contributed by atoms with Crippen molar-refractivity contribution in [3.8, 4) is 0 Å². The molecule has 0 saturated carbocycles. The summed E-state index contributed by atoms with van der Waals surface area (Å²) in [5.74, 6) is 6.30. The Bertz CT molecular complexity index is 717. The molecule has 0 fully saturated rings. The minimum Gasteiger partial charge on any atom is -0.474 e. The second kappa shape index (κ2) is 8.57. The molecule has 5 nitrogen and oxygen atoms in total. The second-order valence-electron chi connectivity index (χ2n) is 5.49. The summed E-state index contributed by atoms with van der Waals surface area (Å²) in [7, 11) is 1.79. The number of benzene rings is 2. The third-order valence-electron chi connectivity index (χ3n) is 3.50. The van der Waals surface area contributed by atoms with Crippen molar-refractivity contribution in [2.75, 3.05) is 12.1 Å². The Morgan fingerprint density at radius 2 is 1.96 bits per heavy atom. The lowest BCUT2D eigenvalue weighted by atomic mass is 10.1. The van der Waals surface area contributed by atoms with Crippen LogP contribution < -0.4 is 10.9 Å². The molecule has 0 unspecified atom stereocenters. The molecule has 0 radical (unpaired) electrons. The number of nitrogens with zero attached hydrogens (tertiary/aromatic N) is 2. The molecule has 2 N–H and O–H groups in total. The number of oxime groups is 1. The van der Waals surface area contributed by atoms with Gasteiger partial charge in [0, 0.05) is 24.6 Å². The topological polar surface area (TPSA) is 60.1 Å². The zero-order chi connectivity index (χ0) is 17.5. The van der Waals surface area contributed by atoms with Gasteiger partial charge in [0.25, 0.3) is 0 Å². The van der Waals surface area contributed by atoms with E-state index in [0.29, 0.717) is 24.1 Å². The second-order valence-corrected chi connectivity index (χ2v) is 5.92. The maximum absolute atomic E-state index is 5.94. The van der Waals surface area contributed by atoms with Crippen molar-refractivity contribution in [3.63, 3.8) is 0 Å². The Balaban J connectivity index is 1.92. The zero-order valence-electron chi connectivity index (χ0n) is 14.1. The summed E-state index contributed by atoms with van der Waals surface area (Å²) in [6.07, 6.45) is 0. The molecule has 2 rings (SSSR count). The van der Waals surface area contributed by atoms with Crippen LogP contribution in [0.5, 0.6) is 0 Å². The summed E-state index contributed by atoms with van der Waals surface area (Å²) in [4.78, 5) is 5.42. The zero-order valence-corrected chi connectivity index (χ0v) is 14.9. The van der Waals surface area contributed by atoms with Crippen LogP contribution >= 0.6 is 11.6 Å². The Kier molecular flexibility index (Phi) is 6.46. The van der Waals surface area contributed by atoms with Crippen LogP contribution in [-0.2, 0) is 22.8 Å². The normalized spacial score (nSPS) is 11.3. The van der Waals surface area contributed by atoms with Crippen molar-refractivity contribution in [3.05, 3.63) is 64.2 Å². The number of nitrogens with two attached hydrogens (primary N) is 1. The number of ether oxygens (including phenoxy) is 1. The van der Waals surface area contributed by atoms with Crippen molar-refractivity contribution in [2.24, 2.45) is 11.0 Å². The van der Waals surface area contributed by atoms with Crippen LogP contribution in [0.15, 0.2) is 47.6 Å². The van der Waals surface area contributed by atoms with Crippen molar-refractivity contribution < 1.29 is 9.57 Å². The van der Waals surface area contributed by atoms with Crippen LogP contribution in [0.2, 0.25) is 5.02 Å². The number of rotatable bonds is 6. The smallest absolute Gasteiger partial charge is 0.222 e. The summed E-state index contributed by atoms with van der Waals surface area (Å²) in [5, 5.41) is 6.25. The number of hydrogen-bond donors (Lipinski definition) is 1. The lowest BCUT2D eigenvalue weighted by Crippen LogP contribution is -2.26. The molecule has 0 atom stereocenters. The first-order chi connectivity index (χ1) is 11.5. The first-order valence-electron chi connectivity index (χ1n) is 7.58. The lowest BCUT2D eigenvalue weighted by Gasteiger charge is -2.18. The quantitative estimate of drug-likeness (QED) is 0.371. The van der Waals surface area contributed by atoms with Crippen molar-refractivity contribution in [2.45, 2.75) is 27.1 Å². The van der Waals surface area contributed by atoms with Gasteiger partial charge in [-0.25, -0.2) is 5.84 Å². The molecular formula is C18H22ClN3O2. The molecule has 2 aromatic rings. The molecule has 0 aliphatic carbocycles. The van der Waals surface area contributed by atoms with E-state index in [-0.39, 0.29) is 0 Å². The number of anilines is 1. The fourth-order valence-electron chi connectivity index (χ4n) is 2.23. The Labute approximate surface area is 147 Å². The van der Waals surface area contributed by atoms with Crippen molar-refractivity contribution >= 4 is 23.2 Å². The Hall–Kier alpha value is -2.24. The van der Waals surface area contributed by atoms with Gasteiger partial charge in [0.05, 0.1) is 5.69 Å². The minimum absolute atomic E-state index is 0.321. The summed E-state index contributed by atoms with van der Waals surface area (Å²) in [5.41, 5.74) is 3.97. The molecule has 0 saturated heterocycles. The molecule has 128 valence electrons. The monoisotopic (exact) mass is 347 g/mol. The number of aryl methyl sites for hydroxylation is 1. The fourth-order valence-corrected chi connectivity index (χ4v) is 2.45. The highest BCUT2D eigenvalue weighted by molar-refractivity contribution is 6.30. The van der Waals surface area contributed by atoms with Gasteiger partial charge < -0.3 is 14.6 Å². The minimum atomic E-state index is 0.321. The van der Waals surface area contributed by atoms with E-state index in [9.17, 15) is 0 Å². The maximum Gasteiger partial charge on any atom is 0.222 e. The van der Waals surface area contributed by atoms with E-state index in [2.05, 4.69) is 5.16 Å². The van der Waals surface area contributed by atoms with E-state index in [1.807, 2.05) is 49.4 Å². The maximum atomic E-state index is 5.94. The molecule has 0 aromatic heterocycles. The predicted octanol–water partition coefficient (Wildman–Crippen LogP) is 4.03. The largest absolute Gasteiger partial charge is 0.474 e. The lowest BCUT2D eigenvalue weighted by molar-refractivity contribution is 0.117. The van der Waals surface area contributed by atoms with Crippen molar-refractivity contribution in [1.82, 2.24) is 0 Å². The predicted molar refractivity (Wildman–Crippen MR) is 97.9 cm³/mol. The molecule has 0 aliphatic heterocycles. The van der Waals surface area contributed by atoms with Gasteiger partial charge in [-0.3, -0.25) is 0 Å². The van der Waals surface area contributed by atoms with Gasteiger partial charge in [-0.05, 0) is 36.2 Å². The molecule has 2 aromatic carbocycles. The first kappa shape index (κ1) is 18.1. The van der Waals surface area contributed by atoms with E-state index < -0.39 is 0 Å². The number of hydrogen-bond acceptors (Lipinski definition) is 5. The molecule has 0 aliphatic rings. The highest BCUT2D eigenvalue weighted by atomic mass is 35.5. The average molecular weight is 348 g/mol. The molecule has 6 heteroatoms. The number of hydrazine groups is 1. The third-order valence-corrected chi connectivity index (χ3v) is 3.74. The molecule has 0 amide bonds.